The van der Waals surface area contributed by atoms with Crippen LogP contribution in [0.1, 0.15) is 35.2 Å². The van der Waals surface area contributed by atoms with Gasteiger partial charge >= 0.3 is 10.3 Å². The number of anilines is 2. The van der Waals surface area contributed by atoms with Crippen LogP contribution >= 0.6 is 0 Å². The molecule has 0 unspecified atom stereocenters. The van der Waals surface area contributed by atoms with Gasteiger partial charge in [0.25, 0.3) is 5.91 Å². The molecule has 0 bridgehead atoms. The Kier molecular flexibility index (Phi) is 5.78. The summed E-state index contributed by atoms with van der Waals surface area (Å²) >= 11 is 0. The van der Waals surface area contributed by atoms with Crippen molar-refractivity contribution in [2.75, 3.05) is 11.1 Å². The first kappa shape index (κ1) is 22.3. The Morgan fingerprint density at radius 3 is 2.12 bits per heavy atom. The van der Waals surface area contributed by atoms with E-state index in [1.54, 1.807) is 12.4 Å². The van der Waals surface area contributed by atoms with Crippen molar-refractivity contribution in [3.8, 4) is 11.1 Å². The predicted octanol–water partition coefficient (Wildman–Crippen LogP) is 1.71. The van der Waals surface area contributed by atoms with Crippen LogP contribution in [0.2, 0.25) is 0 Å². The van der Waals surface area contributed by atoms with Crippen LogP contribution in [0.4, 0.5) is 11.8 Å². The number of pyridine rings is 1. The molecule has 2 heterocycles. The van der Waals surface area contributed by atoms with Gasteiger partial charge in [0, 0.05) is 24.2 Å². The van der Waals surface area contributed by atoms with Crippen molar-refractivity contribution in [2.45, 2.75) is 24.7 Å². The average Bonchev–Trinajstić information content (AvgIpc) is 2.73. The van der Waals surface area contributed by atoms with Crippen LogP contribution in [0.3, 0.4) is 0 Å². The van der Waals surface area contributed by atoms with E-state index in [-0.39, 0.29) is 23.2 Å². The summed E-state index contributed by atoms with van der Waals surface area (Å²) in [5.41, 5.74) is 7.32. The molecular weight excluding hydrogens is 448 g/mol. The maximum atomic E-state index is 13.1. The standard InChI is InChI=1S/C21H20N6O5S/c22-20-24-11-15(12-25-20)13-2-5-16(6-3-13)21(8-1-9-21)19(29)26-17-7-4-14(10-23-17)18(28)27-33(30,31)32/h2-7,10-12H,1,8-9H2,(H,27,28)(H2,22,24,25)(H,23,26,29)(H,30,31,32). The van der Waals surface area contributed by atoms with E-state index in [1.165, 1.54) is 16.9 Å². The van der Waals surface area contributed by atoms with Gasteiger partial charge in [0.1, 0.15) is 5.82 Å². The SMILES string of the molecule is Nc1ncc(-c2ccc(C3(C(=O)Nc4ccc(C(=O)NS(=O)(=O)O)cn4)CCC3)cc2)cn1. The number of aromatic nitrogens is 3. The van der Waals surface area contributed by atoms with Crippen molar-refractivity contribution in [3.05, 3.63) is 66.1 Å². The molecule has 1 aromatic carbocycles. The molecule has 0 aliphatic heterocycles. The Balaban J connectivity index is 1.49. The van der Waals surface area contributed by atoms with E-state index in [9.17, 15) is 18.0 Å². The molecule has 11 nitrogen and oxygen atoms in total. The molecular formula is C21H20N6O5S. The lowest BCUT2D eigenvalue weighted by Gasteiger charge is -2.40. The quantitative estimate of drug-likeness (QED) is 0.392. The van der Waals surface area contributed by atoms with Gasteiger partial charge in [0.2, 0.25) is 11.9 Å². The topological polar surface area (TPSA) is 177 Å². The predicted molar refractivity (Wildman–Crippen MR) is 119 cm³/mol. The Bertz CT molecular complexity index is 1290. The van der Waals surface area contributed by atoms with Crippen molar-refractivity contribution in [1.29, 1.82) is 0 Å². The van der Waals surface area contributed by atoms with Gasteiger partial charge in [-0.2, -0.15) is 8.42 Å². The molecule has 4 rings (SSSR count). The summed E-state index contributed by atoms with van der Waals surface area (Å²) in [7, 11) is -4.68. The molecule has 33 heavy (non-hydrogen) atoms. The molecule has 0 saturated heterocycles. The highest BCUT2D eigenvalue weighted by Gasteiger charge is 2.45. The highest BCUT2D eigenvalue weighted by molar-refractivity contribution is 7.84. The fourth-order valence-corrected chi connectivity index (χ4v) is 4.01. The molecule has 170 valence electrons. The van der Waals surface area contributed by atoms with Crippen LogP contribution in [0.25, 0.3) is 11.1 Å². The molecule has 1 saturated carbocycles. The fourth-order valence-electron chi connectivity index (χ4n) is 3.66. The highest BCUT2D eigenvalue weighted by atomic mass is 32.2. The van der Waals surface area contributed by atoms with Crippen molar-refractivity contribution in [3.63, 3.8) is 0 Å². The second-order valence-corrected chi connectivity index (χ2v) is 8.79. The average molecular weight is 468 g/mol. The summed E-state index contributed by atoms with van der Waals surface area (Å²) in [6.45, 7) is 0. The zero-order chi connectivity index (χ0) is 23.6. The minimum absolute atomic E-state index is 0.0915. The summed E-state index contributed by atoms with van der Waals surface area (Å²) in [5, 5.41) is 2.77. The van der Waals surface area contributed by atoms with Gasteiger partial charge < -0.3 is 11.1 Å². The van der Waals surface area contributed by atoms with Crippen LogP contribution in [0.15, 0.2) is 55.0 Å². The molecule has 0 atom stereocenters. The lowest BCUT2D eigenvalue weighted by molar-refractivity contribution is -0.124. The molecule has 1 aliphatic carbocycles. The van der Waals surface area contributed by atoms with E-state index in [1.807, 2.05) is 24.3 Å². The number of nitrogen functional groups attached to an aromatic ring is 1. The van der Waals surface area contributed by atoms with Gasteiger partial charge in [-0.1, -0.05) is 30.7 Å². The Morgan fingerprint density at radius 2 is 1.61 bits per heavy atom. The van der Waals surface area contributed by atoms with Crippen LogP contribution in [0, 0.1) is 0 Å². The molecule has 0 spiro atoms. The van der Waals surface area contributed by atoms with E-state index >= 15 is 0 Å². The van der Waals surface area contributed by atoms with E-state index in [0.717, 1.165) is 29.3 Å². The normalized spacial score (nSPS) is 14.7. The van der Waals surface area contributed by atoms with E-state index in [0.29, 0.717) is 12.8 Å². The largest absolute Gasteiger partial charge is 0.368 e. The second kappa shape index (κ2) is 8.56. The van der Waals surface area contributed by atoms with Crippen LogP contribution < -0.4 is 15.8 Å². The van der Waals surface area contributed by atoms with Gasteiger partial charge in [-0.3, -0.25) is 14.1 Å². The van der Waals surface area contributed by atoms with E-state index in [4.69, 9.17) is 10.3 Å². The Morgan fingerprint density at radius 1 is 0.939 bits per heavy atom. The molecule has 3 aromatic rings. The fraction of sp³-hybridized carbons (Fsp3) is 0.190. The van der Waals surface area contributed by atoms with Gasteiger partial charge in [-0.05, 0) is 36.1 Å². The number of nitrogens with one attached hydrogen (secondary N) is 2. The third-order valence-corrected chi connectivity index (χ3v) is 6.02. The first-order valence-electron chi connectivity index (χ1n) is 9.92. The Labute approximate surface area is 189 Å². The number of amides is 2. The van der Waals surface area contributed by atoms with E-state index < -0.39 is 21.6 Å². The lowest BCUT2D eigenvalue weighted by atomic mass is 9.63. The Hall–Kier alpha value is -3.90. The summed E-state index contributed by atoms with van der Waals surface area (Å²) in [4.78, 5) is 36.9. The number of nitrogens with zero attached hydrogens (tertiary/aromatic N) is 3. The minimum Gasteiger partial charge on any atom is -0.368 e. The number of rotatable bonds is 6. The first-order valence-corrected chi connectivity index (χ1v) is 11.4. The third-order valence-electron chi connectivity index (χ3n) is 5.57. The maximum Gasteiger partial charge on any atom is 0.359 e. The highest BCUT2D eigenvalue weighted by Crippen LogP contribution is 2.45. The van der Waals surface area contributed by atoms with Crippen LogP contribution in [0.5, 0.6) is 0 Å². The number of hydrogen-bond donors (Lipinski definition) is 4. The molecule has 5 N–H and O–H groups in total. The molecule has 1 aliphatic rings. The first-order chi connectivity index (χ1) is 15.7. The summed E-state index contributed by atoms with van der Waals surface area (Å²) in [6.07, 6.45) is 6.63. The zero-order valence-corrected chi connectivity index (χ0v) is 18.0. The molecule has 12 heteroatoms. The van der Waals surface area contributed by atoms with Gasteiger partial charge in [0.15, 0.2) is 0 Å². The molecule has 2 aromatic heterocycles. The maximum absolute atomic E-state index is 13.1. The third kappa shape index (κ3) is 4.81. The van der Waals surface area contributed by atoms with E-state index in [2.05, 4.69) is 20.3 Å². The summed E-state index contributed by atoms with van der Waals surface area (Å²) < 4.78 is 31.6. The van der Waals surface area contributed by atoms with Gasteiger partial charge in [-0.15, -0.1) is 0 Å². The van der Waals surface area contributed by atoms with Crippen LogP contribution in [-0.2, 0) is 20.5 Å². The summed E-state index contributed by atoms with van der Waals surface area (Å²) in [6, 6.07) is 10.3. The number of carbonyl (C=O) groups is 2. The zero-order valence-electron chi connectivity index (χ0n) is 17.2. The van der Waals surface area contributed by atoms with Crippen LogP contribution in [-0.4, -0.2) is 39.7 Å². The molecule has 1 fully saturated rings. The number of nitrogens with two attached hydrogens (primary N) is 1. The lowest BCUT2D eigenvalue weighted by Crippen LogP contribution is -2.46. The monoisotopic (exact) mass is 468 g/mol. The van der Waals surface area contributed by atoms with Crippen molar-refractivity contribution in [2.24, 2.45) is 0 Å². The number of hydrogen-bond acceptors (Lipinski definition) is 8. The number of benzene rings is 1. The molecule has 0 radical (unpaired) electrons. The molecule has 2 amide bonds. The van der Waals surface area contributed by atoms with Gasteiger partial charge in [0.05, 0.1) is 11.0 Å². The van der Waals surface area contributed by atoms with Crippen molar-refractivity contribution < 1.29 is 22.6 Å². The van der Waals surface area contributed by atoms with Crippen molar-refractivity contribution in [1.82, 2.24) is 19.7 Å². The number of carbonyl (C=O) groups excluding carboxylic acids is 2. The second-order valence-electron chi connectivity index (χ2n) is 7.64. The van der Waals surface area contributed by atoms with Gasteiger partial charge in [-0.25, -0.2) is 19.7 Å². The smallest absolute Gasteiger partial charge is 0.359 e. The van der Waals surface area contributed by atoms with Crippen molar-refractivity contribution >= 4 is 33.9 Å². The minimum atomic E-state index is -4.68. The summed E-state index contributed by atoms with van der Waals surface area (Å²) in [5.74, 6) is -0.851.